The van der Waals surface area contributed by atoms with Gasteiger partial charge in [0.05, 0.1) is 12.0 Å². The van der Waals surface area contributed by atoms with Crippen LogP contribution in [0.1, 0.15) is 30.1 Å². The number of carbonyl (C=O) groups excluding carboxylic acids is 1. The highest BCUT2D eigenvalue weighted by Crippen LogP contribution is 2.35. The van der Waals surface area contributed by atoms with Crippen LogP contribution in [0.3, 0.4) is 0 Å². The van der Waals surface area contributed by atoms with Gasteiger partial charge in [-0.25, -0.2) is 0 Å². The molecule has 1 amide bonds. The summed E-state index contributed by atoms with van der Waals surface area (Å²) in [5.74, 6) is -1.18. The maximum absolute atomic E-state index is 12.7. The number of carboxylic acid groups (broad SMARTS) is 1. The Hall–Kier alpha value is -2.73. The zero-order valence-corrected chi connectivity index (χ0v) is 13.7. The van der Waals surface area contributed by atoms with Gasteiger partial charge in [0.25, 0.3) is 0 Å². The number of nitrogens with zero attached hydrogens (tertiary/aromatic N) is 1. The van der Waals surface area contributed by atoms with E-state index >= 15 is 0 Å². The minimum Gasteiger partial charge on any atom is -0.481 e. The second kappa shape index (κ2) is 7.90. The highest BCUT2D eigenvalue weighted by Gasteiger charge is 2.35. The first-order chi connectivity index (χ1) is 12.1. The first kappa shape index (κ1) is 17.1. The van der Waals surface area contributed by atoms with E-state index in [-0.39, 0.29) is 24.3 Å². The molecule has 2 heterocycles. The Bertz CT molecular complexity index is 748. The summed E-state index contributed by atoms with van der Waals surface area (Å²) in [6.45, 7) is 0.545. The molecule has 0 spiro atoms. The Morgan fingerprint density at radius 2 is 2.04 bits per heavy atom. The van der Waals surface area contributed by atoms with Gasteiger partial charge in [-0.2, -0.15) is 0 Å². The van der Waals surface area contributed by atoms with E-state index in [0.717, 1.165) is 11.1 Å². The molecule has 6 heteroatoms. The number of nitrogens with one attached hydrogen (secondary N) is 1. The molecular weight excluding hydrogens is 320 g/mol. The number of hydrogen-bond acceptors (Lipinski definition) is 4. The van der Waals surface area contributed by atoms with Crippen LogP contribution >= 0.6 is 0 Å². The minimum atomic E-state index is -0.835. The van der Waals surface area contributed by atoms with Gasteiger partial charge in [0.15, 0.2) is 0 Å². The van der Waals surface area contributed by atoms with Gasteiger partial charge in [-0.3, -0.25) is 14.6 Å². The van der Waals surface area contributed by atoms with Crippen molar-refractivity contribution < 1.29 is 19.4 Å². The first-order valence-corrected chi connectivity index (χ1v) is 8.26. The maximum Gasteiger partial charge on any atom is 0.303 e. The number of aryl methyl sites for hydroxylation is 1. The molecule has 1 fully saturated rings. The number of carboxylic acids is 1. The molecule has 0 saturated carbocycles. The maximum atomic E-state index is 12.7. The Morgan fingerprint density at radius 3 is 2.80 bits per heavy atom. The SMILES string of the molecule is O=C(O)CCc1cccc(NC(=O)[C@@H]2CCO[C@H]2c2ccncc2)c1. The fourth-order valence-corrected chi connectivity index (χ4v) is 3.03. The van der Waals surface area contributed by atoms with Crippen LogP contribution in [-0.2, 0) is 20.7 Å². The standard InChI is InChI=1S/C19H20N2O4/c22-17(23)5-4-13-2-1-3-15(12-13)21-19(24)16-8-11-25-18(16)14-6-9-20-10-7-14/h1-3,6-7,9-10,12,16,18H,4-5,8,11H2,(H,21,24)(H,22,23)/t16-,18+/m1/s1. The Morgan fingerprint density at radius 1 is 1.24 bits per heavy atom. The summed E-state index contributed by atoms with van der Waals surface area (Å²) in [6, 6.07) is 11.0. The van der Waals surface area contributed by atoms with Crippen molar-refractivity contribution in [2.75, 3.05) is 11.9 Å². The van der Waals surface area contributed by atoms with E-state index in [4.69, 9.17) is 9.84 Å². The average Bonchev–Trinajstić information content (AvgIpc) is 3.11. The lowest BCUT2D eigenvalue weighted by molar-refractivity contribution is -0.137. The molecule has 1 aromatic heterocycles. The normalized spacial score (nSPS) is 19.5. The van der Waals surface area contributed by atoms with Crippen LogP contribution in [0, 0.1) is 5.92 Å². The van der Waals surface area contributed by atoms with E-state index in [1.807, 2.05) is 30.3 Å². The van der Waals surface area contributed by atoms with Crippen molar-refractivity contribution in [3.63, 3.8) is 0 Å². The molecule has 0 radical (unpaired) electrons. The predicted octanol–water partition coefficient (Wildman–Crippen LogP) is 2.82. The van der Waals surface area contributed by atoms with Gasteiger partial charge in [-0.05, 0) is 48.2 Å². The molecule has 0 bridgehead atoms. The van der Waals surface area contributed by atoms with E-state index in [9.17, 15) is 9.59 Å². The highest BCUT2D eigenvalue weighted by molar-refractivity contribution is 5.93. The third-order valence-corrected chi connectivity index (χ3v) is 4.29. The second-order valence-electron chi connectivity index (χ2n) is 6.05. The molecule has 6 nitrogen and oxygen atoms in total. The van der Waals surface area contributed by atoms with E-state index in [0.29, 0.717) is 25.1 Å². The van der Waals surface area contributed by atoms with Crippen LogP contribution in [0.2, 0.25) is 0 Å². The van der Waals surface area contributed by atoms with E-state index in [1.165, 1.54) is 0 Å². The van der Waals surface area contributed by atoms with Crippen molar-refractivity contribution in [1.29, 1.82) is 0 Å². The minimum absolute atomic E-state index is 0.0674. The summed E-state index contributed by atoms with van der Waals surface area (Å²) < 4.78 is 5.75. The van der Waals surface area contributed by atoms with Crippen molar-refractivity contribution in [1.82, 2.24) is 4.98 Å². The average molecular weight is 340 g/mol. The van der Waals surface area contributed by atoms with E-state index in [2.05, 4.69) is 10.3 Å². The summed E-state index contributed by atoms with van der Waals surface area (Å²) in [4.78, 5) is 27.4. The lowest BCUT2D eigenvalue weighted by Crippen LogP contribution is -2.25. The van der Waals surface area contributed by atoms with Gasteiger partial charge >= 0.3 is 5.97 Å². The van der Waals surface area contributed by atoms with Crippen LogP contribution in [0.25, 0.3) is 0 Å². The van der Waals surface area contributed by atoms with Gasteiger partial charge in [-0.15, -0.1) is 0 Å². The molecule has 1 aliphatic heterocycles. The summed E-state index contributed by atoms with van der Waals surface area (Å²) in [7, 11) is 0. The molecule has 130 valence electrons. The number of aromatic nitrogens is 1. The Labute approximate surface area is 145 Å². The number of carbonyl (C=O) groups is 2. The number of pyridine rings is 1. The summed E-state index contributed by atoms with van der Waals surface area (Å²) in [5, 5.41) is 11.7. The third-order valence-electron chi connectivity index (χ3n) is 4.29. The van der Waals surface area contributed by atoms with Crippen molar-refractivity contribution in [3.8, 4) is 0 Å². The van der Waals surface area contributed by atoms with Crippen molar-refractivity contribution in [2.24, 2.45) is 5.92 Å². The van der Waals surface area contributed by atoms with Gasteiger partial charge in [0.1, 0.15) is 0 Å². The van der Waals surface area contributed by atoms with Gasteiger partial charge in [-0.1, -0.05) is 12.1 Å². The van der Waals surface area contributed by atoms with Gasteiger partial charge in [0.2, 0.25) is 5.91 Å². The van der Waals surface area contributed by atoms with E-state index in [1.54, 1.807) is 18.5 Å². The molecule has 0 unspecified atom stereocenters. The first-order valence-electron chi connectivity index (χ1n) is 8.26. The summed E-state index contributed by atoms with van der Waals surface area (Å²) >= 11 is 0. The van der Waals surface area contributed by atoms with Gasteiger partial charge < -0.3 is 15.2 Å². The Balaban J connectivity index is 1.67. The Kier molecular flexibility index (Phi) is 5.40. The molecular formula is C19H20N2O4. The second-order valence-corrected chi connectivity index (χ2v) is 6.05. The largest absolute Gasteiger partial charge is 0.481 e. The quantitative estimate of drug-likeness (QED) is 0.844. The van der Waals surface area contributed by atoms with Crippen LogP contribution in [-0.4, -0.2) is 28.6 Å². The predicted molar refractivity (Wildman–Crippen MR) is 92.1 cm³/mol. The molecule has 2 atom stereocenters. The summed E-state index contributed by atoms with van der Waals surface area (Å²) in [5.41, 5.74) is 2.50. The lowest BCUT2D eigenvalue weighted by Gasteiger charge is -2.18. The van der Waals surface area contributed by atoms with Crippen LogP contribution in [0.5, 0.6) is 0 Å². The van der Waals surface area contributed by atoms with Crippen molar-refractivity contribution in [2.45, 2.75) is 25.4 Å². The van der Waals surface area contributed by atoms with E-state index < -0.39 is 5.97 Å². The molecule has 1 aromatic carbocycles. The highest BCUT2D eigenvalue weighted by atomic mass is 16.5. The number of hydrogen-bond donors (Lipinski definition) is 2. The smallest absolute Gasteiger partial charge is 0.303 e. The fraction of sp³-hybridized carbons (Fsp3) is 0.316. The topological polar surface area (TPSA) is 88.5 Å². The molecule has 1 aliphatic rings. The lowest BCUT2D eigenvalue weighted by atomic mass is 9.95. The monoisotopic (exact) mass is 340 g/mol. The van der Waals surface area contributed by atoms with Crippen LogP contribution in [0.4, 0.5) is 5.69 Å². The fourth-order valence-electron chi connectivity index (χ4n) is 3.03. The van der Waals surface area contributed by atoms with Crippen LogP contribution in [0.15, 0.2) is 48.8 Å². The number of aliphatic carboxylic acids is 1. The number of rotatable bonds is 6. The number of amides is 1. The molecule has 2 N–H and O–H groups in total. The zero-order valence-electron chi connectivity index (χ0n) is 13.7. The van der Waals surface area contributed by atoms with Gasteiger partial charge in [0, 0.05) is 31.1 Å². The molecule has 1 saturated heterocycles. The molecule has 25 heavy (non-hydrogen) atoms. The van der Waals surface area contributed by atoms with Crippen LogP contribution < -0.4 is 5.32 Å². The molecule has 2 aromatic rings. The number of benzene rings is 1. The molecule has 3 rings (SSSR count). The number of ether oxygens (including phenoxy) is 1. The third kappa shape index (κ3) is 4.42. The van der Waals surface area contributed by atoms with Crippen molar-refractivity contribution >= 4 is 17.6 Å². The molecule has 0 aliphatic carbocycles. The number of anilines is 1. The summed E-state index contributed by atoms with van der Waals surface area (Å²) in [6.07, 6.45) is 4.29. The zero-order chi connectivity index (χ0) is 17.6. The van der Waals surface area contributed by atoms with Crippen molar-refractivity contribution in [3.05, 3.63) is 59.9 Å².